The van der Waals surface area contributed by atoms with Crippen LogP contribution in [0.3, 0.4) is 0 Å². The Kier molecular flexibility index (Phi) is 4.17. The molecule has 0 N–H and O–H groups in total. The van der Waals surface area contributed by atoms with Gasteiger partial charge in [0, 0.05) is 0 Å². The summed E-state index contributed by atoms with van der Waals surface area (Å²) in [5, 5.41) is 0. The van der Waals surface area contributed by atoms with Crippen molar-refractivity contribution in [2.45, 2.75) is 0 Å². The summed E-state index contributed by atoms with van der Waals surface area (Å²) in [6, 6.07) is 16.2. The molecule has 3 heteroatoms. The molecule has 0 atom stereocenters. The first-order valence-corrected chi connectivity index (χ1v) is 4.05. The van der Waals surface area contributed by atoms with E-state index >= 15 is 0 Å². The van der Waals surface area contributed by atoms with Crippen LogP contribution in [0, 0.1) is 6.07 Å². The van der Waals surface area contributed by atoms with Gasteiger partial charge in [-0.1, -0.05) is 29.9 Å². The molecule has 0 aliphatic carbocycles. The largest absolute Gasteiger partial charge is 2.00 e. The Morgan fingerprint density at radius 2 is 1.93 bits per heavy atom. The predicted octanol–water partition coefficient (Wildman–Crippen LogP) is 1.67. The van der Waals surface area contributed by atoms with Crippen molar-refractivity contribution in [2.24, 2.45) is 4.99 Å². The van der Waals surface area contributed by atoms with Crippen LogP contribution < -0.4 is 10.5 Å². The number of benzene rings is 1. The van der Waals surface area contributed by atoms with Crippen molar-refractivity contribution in [1.29, 1.82) is 0 Å². The smallest absolute Gasteiger partial charge is 0.461 e. The van der Waals surface area contributed by atoms with Crippen LogP contribution in [0.1, 0.15) is 0 Å². The second-order valence-electron chi connectivity index (χ2n) is 2.55. The minimum atomic E-state index is 0. The van der Waals surface area contributed by atoms with Gasteiger partial charge in [-0.05, 0) is 0 Å². The van der Waals surface area contributed by atoms with Gasteiger partial charge in [0.25, 0.3) is 0 Å². The molecule has 14 heavy (non-hydrogen) atoms. The molecule has 0 bridgehead atoms. The molecule has 0 fully saturated rings. The van der Waals surface area contributed by atoms with Crippen molar-refractivity contribution >= 4 is 5.69 Å². The SMILES string of the molecule is [Cu+2].[c-]1ccccc1N=c1cccc[n-]1. The van der Waals surface area contributed by atoms with Gasteiger partial charge in [0.05, 0.1) is 0 Å². The summed E-state index contributed by atoms with van der Waals surface area (Å²) in [6.07, 6.45) is 1.72. The predicted molar refractivity (Wildman–Crippen MR) is 50.3 cm³/mol. The van der Waals surface area contributed by atoms with E-state index in [-0.39, 0.29) is 17.1 Å². The third-order valence-electron chi connectivity index (χ3n) is 1.58. The Morgan fingerprint density at radius 1 is 1.07 bits per heavy atom. The van der Waals surface area contributed by atoms with Gasteiger partial charge in [0.15, 0.2) is 0 Å². The second kappa shape index (κ2) is 5.43. The van der Waals surface area contributed by atoms with Crippen molar-refractivity contribution < 1.29 is 17.1 Å². The molecular formula is C11H8CuN2. The van der Waals surface area contributed by atoms with Gasteiger partial charge in [0.2, 0.25) is 0 Å². The summed E-state index contributed by atoms with van der Waals surface area (Å²) in [7, 11) is 0. The van der Waals surface area contributed by atoms with Crippen LogP contribution in [-0.4, -0.2) is 0 Å². The molecule has 0 saturated carbocycles. The molecule has 1 aromatic carbocycles. The fourth-order valence-corrected chi connectivity index (χ4v) is 0.997. The fraction of sp³-hybridized carbons (Fsp3) is 0. The van der Waals surface area contributed by atoms with Gasteiger partial charge in [-0.15, -0.1) is 0 Å². The Morgan fingerprint density at radius 3 is 2.57 bits per heavy atom. The van der Waals surface area contributed by atoms with Gasteiger partial charge in [0.1, 0.15) is 0 Å². The molecule has 1 radical (unpaired) electrons. The van der Waals surface area contributed by atoms with Gasteiger partial charge in [-0.2, -0.15) is 36.0 Å². The van der Waals surface area contributed by atoms with Crippen LogP contribution in [0.4, 0.5) is 5.69 Å². The summed E-state index contributed by atoms with van der Waals surface area (Å²) in [4.78, 5) is 8.36. The summed E-state index contributed by atoms with van der Waals surface area (Å²) in [6.45, 7) is 0. The maximum atomic E-state index is 4.27. The standard InChI is InChI=1S/C11H8N2.Cu/c1-2-6-10(7-3-1)13-11-8-4-5-9-12-11;/h1-6,8-9H;/q-2;+2. The van der Waals surface area contributed by atoms with Crippen LogP contribution in [0.2, 0.25) is 0 Å². The molecule has 0 aliphatic rings. The molecule has 2 nitrogen and oxygen atoms in total. The van der Waals surface area contributed by atoms with E-state index in [9.17, 15) is 0 Å². The van der Waals surface area contributed by atoms with E-state index in [1.54, 1.807) is 6.20 Å². The first-order valence-electron chi connectivity index (χ1n) is 4.05. The van der Waals surface area contributed by atoms with E-state index in [1.165, 1.54) is 0 Å². The molecule has 1 aromatic heterocycles. The number of para-hydroxylation sites is 1. The van der Waals surface area contributed by atoms with E-state index in [4.69, 9.17) is 0 Å². The van der Waals surface area contributed by atoms with Crippen molar-refractivity contribution in [3.05, 3.63) is 60.2 Å². The summed E-state index contributed by atoms with van der Waals surface area (Å²) in [5.74, 6) is 0. The third kappa shape index (κ3) is 2.87. The van der Waals surface area contributed by atoms with E-state index in [0.29, 0.717) is 5.49 Å². The zero-order chi connectivity index (χ0) is 8.93. The van der Waals surface area contributed by atoms with Crippen LogP contribution in [0.15, 0.2) is 53.7 Å². The fourth-order valence-electron chi connectivity index (χ4n) is 0.997. The van der Waals surface area contributed by atoms with Gasteiger partial charge in [-0.25, -0.2) is 0 Å². The molecule has 1 heterocycles. The van der Waals surface area contributed by atoms with Crippen molar-refractivity contribution in [2.75, 3.05) is 0 Å². The van der Waals surface area contributed by atoms with E-state index in [1.807, 2.05) is 42.5 Å². The minimum Gasteiger partial charge on any atom is -0.461 e. The molecule has 0 amide bonds. The summed E-state index contributed by atoms with van der Waals surface area (Å²) < 4.78 is 0. The van der Waals surface area contributed by atoms with Gasteiger partial charge >= 0.3 is 17.1 Å². The van der Waals surface area contributed by atoms with Crippen molar-refractivity contribution in [1.82, 2.24) is 4.98 Å². The second-order valence-corrected chi connectivity index (χ2v) is 2.55. The number of pyridine rings is 1. The molecule has 0 unspecified atom stereocenters. The molecule has 2 aromatic rings. The zero-order valence-corrected chi connectivity index (χ0v) is 8.26. The Hall–Kier alpha value is -1.31. The minimum absolute atomic E-state index is 0. The monoisotopic (exact) mass is 231 g/mol. The molecule has 0 spiro atoms. The Balaban J connectivity index is 0.000000980. The molecule has 73 valence electrons. The maximum absolute atomic E-state index is 4.27. The van der Waals surface area contributed by atoms with Crippen LogP contribution in [0.25, 0.3) is 0 Å². The average Bonchev–Trinajstić information content (AvgIpc) is 2.21. The van der Waals surface area contributed by atoms with Crippen molar-refractivity contribution in [3.63, 3.8) is 0 Å². The quantitative estimate of drug-likeness (QED) is 0.542. The molecular weight excluding hydrogens is 224 g/mol. The van der Waals surface area contributed by atoms with Gasteiger partial charge < -0.3 is 9.98 Å². The summed E-state index contributed by atoms with van der Waals surface area (Å²) >= 11 is 0. The molecule has 0 aliphatic heterocycles. The van der Waals surface area contributed by atoms with Crippen LogP contribution in [-0.2, 0) is 17.1 Å². The summed E-state index contributed by atoms with van der Waals surface area (Å²) in [5.41, 5.74) is 1.52. The third-order valence-corrected chi connectivity index (χ3v) is 1.58. The molecule has 0 saturated heterocycles. The number of nitrogens with zero attached hydrogens (tertiary/aromatic N) is 2. The number of hydrogen-bond acceptors (Lipinski definition) is 1. The number of hydrogen-bond donors (Lipinski definition) is 0. The molecule has 2 rings (SSSR count). The van der Waals surface area contributed by atoms with Crippen molar-refractivity contribution in [3.8, 4) is 0 Å². The normalized spacial score (nSPS) is 10.7. The topological polar surface area (TPSA) is 26.5 Å². The first kappa shape index (κ1) is 10.8. The maximum Gasteiger partial charge on any atom is 2.00 e. The zero-order valence-electron chi connectivity index (χ0n) is 7.31. The Labute approximate surface area is 93.2 Å². The van der Waals surface area contributed by atoms with Crippen LogP contribution >= 0.6 is 0 Å². The number of aromatic nitrogens is 1. The van der Waals surface area contributed by atoms with Crippen LogP contribution in [0.5, 0.6) is 0 Å². The van der Waals surface area contributed by atoms with E-state index in [0.717, 1.165) is 5.69 Å². The number of rotatable bonds is 1. The van der Waals surface area contributed by atoms with E-state index in [2.05, 4.69) is 16.0 Å². The Bertz CT molecular complexity index is 417. The van der Waals surface area contributed by atoms with E-state index < -0.39 is 0 Å². The average molecular weight is 232 g/mol. The first-order chi connectivity index (χ1) is 6.45. The van der Waals surface area contributed by atoms with Gasteiger partial charge in [-0.3, -0.25) is 0 Å².